The molecular formula is C32H38F4N3O3PS. The van der Waals surface area contributed by atoms with Gasteiger partial charge in [-0.15, -0.1) is 11.3 Å². The predicted molar refractivity (Wildman–Crippen MR) is 171 cm³/mol. The SMILES string of the molecule is [2H]C([2H])([2H])Oc1cc(P(C)(C)=O)ccc1NCC#Cc1sc2c(N[C@@H]3CCN(C4CCOCC4)C[C@@H]3F)cccc2c1CC(F)(F)F. The van der Waals surface area contributed by atoms with Gasteiger partial charge in [-0.3, -0.25) is 4.90 Å². The van der Waals surface area contributed by atoms with Crippen LogP contribution in [0.3, 0.4) is 0 Å². The summed E-state index contributed by atoms with van der Waals surface area (Å²) in [5, 5.41) is 7.10. The van der Waals surface area contributed by atoms with Gasteiger partial charge in [0.1, 0.15) is 19.1 Å². The van der Waals surface area contributed by atoms with Crippen molar-refractivity contribution in [2.75, 3.05) is 63.8 Å². The Balaban J connectivity index is 1.36. The molecule has 0 amide bonds. The molecule has 5 rings (SSSR count). The van der Waals surface area contributed by atoms with Crippen molar-refractivity contribution in [1.82, 2.24) is 4.90 Å². The largest absolute Gasteiger partial charge is 0.495 e. The van der Waals surface area contributed by atoms with Crippen LogP contribution in [0.2, 0.25) is 0 Å². The lowest BCUT2D eigenvalue weighted by molar-refractivity contribution is -0.126. The van der Waals surface area contributed by atoms with E-state index in [9.17, 15) is 17.7 Å². The molecule has 2 aliphatic rings. The van der Waals surface area contributed by atoms with E-state index in [1.165, 1.54) is 12.1 Å². The van der Waals surface area contributed by atoms with Gasteiger partial charge in [0.2, 0.25) is 0 Å². The number of fused-ring (bicyclic) bond motifs is 1. The molecular weight excluding hydrogens is 613 g/mol. The molecule has 1 aromatic heterocycles. The van der Waals surface area contributed by atoms with Gasteiger partial charge in [-0.25, -0.2) is 4.39 Å². The number of hydrogen-bond donors (Lipinski definition) is 2. The molecule has 2 aliphatic heterocycles. The molecule has 2 atom stereocenters. The number of thiophene rings is 1. The first-order valence-electron chi connectivity index (χ1n) is 16.0. The molecule has 0 unspecified atom stereocenters. The van der Waals surface area contributed by atoms with Gasteiger partial charge in [0.25, 0.3) is 0 Å². The Labute approximate surface area is 264 Å². The molecule has 6 nitrogen and oxygen atoms in total. The Bertz CT molecular complexity index is 1680. The van der Waals surface area contributed by atoms with Crippen molar-refractivity contribution in [2.45, 2.75) is 50.1 Å². The number of rotatable bonds is 8. The van der Waals surface area contributed by atoms with Crippen LogP contribution in [-0.4, -0.2) is 82.5 Å². The Morgan fingerprint density at radius 1 is 1.18 bits per heavy atom. The van der Waals surface area contributed by atoms with Crippen LogP contribution >= 0.6 is 18.5 Å². The summed E-state index contributed by atoms with van der Waals surface area (Å²) in [7, 11) is -5.47. The third-order valence-electron chi connectivity index (χ3n) is 8.08. The van der Waals surface area contributed by atoms with Crippen molar-refractivity contribution in [3.63, 3.8) is 0 Å². The zero-order chi connectivity index (χ0) is 34.0. The number of nitrogens with one attached hydrogen (secondary N) is 2. The fraction of sp³-hybridized carbons (Fsp3) is 0.500. The number of nitrogens with zero attached hydrogens (tertiary/aromatic N) is 1. The van der Waals surface area contributed by atoms with Crippen molar-refractivity contribution >= 4 is 45.2 Å². The number of hydrogen-bond acceptors (Lipinski definition) is 7. The van der Waals surface area contributed by atoms with Crippen LogP contribution in [-0.2, 0) is 15.7 Å². The Morgan fingerprint density at radius 2 is 1.98 bits per heavy atom. The van der Waals surface area contributed by atoms with E-state index in [2.05, 4.69) is 27.4 Å². The van der Waals surface area contributed by atoms with Crippen LogP contribution in [0.5, 0.6) is 5.75 Å². The number of likely N-dealkylation sites (tertiary alicyclic amines) is 1. The second kappa shape index (κ2) is 13.7. The zero-order valence-electron chi connectivity index (χ0n) is 27.6. The highest BCUT2D eigenvalue weighted by molar-refractivity contribution is 7.70. The van der Waals surface area contributed by atoms with Gasteiger partial charge in [0.15, 0.2) is 0 Å². The van der Waals surface area contributed by atoms with Crippen molar-refractivity contribution < 1.29 is 35.7 Å². The molecule has 2 aromatic carbocycles. The van der Waals surface area contributed by atoms with Gasteiger partial charge >= 0.3 is 6.18 Å². The minimum absolute atomic E-state index is 0.0340. The van der Waals surface area contributed by atoms with Crippen LogP contribution in [0, 0.1) is 11.8 Å². The first-order valence-corrected chi connectivity index (χ1v) is 17.9. The van der Waals surface area contributed by atoms with Crippen molar-refractivity contribution in [2.24, 2.45) is 0 Å². The highest BCUT2D eigenvalue weighted by Gasteiger charge is 2.34. The van der Waals surface area contributed by atoms with Crippen LogP contribution in [0.25, 0.3) is 10.1 Å². The van der Waals surface area contributed by atoms with E-state index in [1.807, 2.05) is 0 Å². The summed E-state index contributed by atoms with van der Waals surface area (Å²) in [5.74, 6) is 5.69. The molecule has 2 fully saturated rings. The van der Waals surface area contributed by atoms with E-state index in [-0.39, 0.29) is 28.4 Å². The molecule has 0 aliphatic carbocycles. The zero-order valence-corrected chi connectivity index (χ0v) is 26.3. The Morgan fingerprint density at radius 3 is 2.68 bits per heavy atom. The number of anilines is 2. The maximum atomic E-state index is 15.4. The predicted octanol–water partition coefficient (Wildman–Crippen LogP) is 6.73. The number of piperidine rings is 1. The molecule has 2 saturated heterocycles. The second-order valence-electron chi connectivity index (χ2n) is 11.6. The maximum Gasteiger partial charge on any atom is 0.393 e. The lowest BCUT2D eigenvalue weighted by Gasteiger charge is -2.41. The minimum Gasteiger partial charge on any atom is -0.495 e. The average Bonchev–Trinajstić information content (AvgIpc) is 3.32. The first kappa shape index (κ1) is 28.7. The molecule has 0 radical (unpaired) electrons. The molecule has 3 aromatic rings. The first-order chi connectivity index (χ1) is 22.1. The molecule has 0 spiro atoms. The fourth-order valence-corrected chi connectivity index (χ4v) is 7.81. The Kier molecular flexibility index (Phi) is 8.93. The van der Waals surface area contributed by atoms with Crippen molar-refractivity contribution in [1.29, 1.82) is 0 Å². The maximum absolute atomic E-state index is 15.4. The third kappa shape index (κ3) is 7.89. The van der Waals surface area contributed by atoms with Gasteiger partial charge in [-0.05, 0) is 67.8 Å². The van der Waals surface area contributed by atoms with E-state index < -0.39 is 39.0 Å². The number of ether oxygens (including phenoxy) is 2. The number of alkyl halides is 4. The summed E-state index contributed by atoms with van der Waals surface area (Å²) < 4.78 is 103. The lowest BCUT2D eigenvalue weighted by Crippen LogP contribution is -2.52. The van der Waals surface area contributed by atoms with Crippen molar-refractivity contribution in [3.8, 4) is 17.6 Å². The molecule has 0 bridgehead atoms. The van der Waals surface area contributed by atoms with Gasteiger partial charge in [-0.2, -0.15) is 13.2 Å². The molecule has 0 saturated carbocycles. The summed E-state index contributed by atoms with van der Waals surface area (Å²) in [6.45, 7) is 5.45. The highest BCUT2D eigenvalue weighted by atomic mass is 32.1. The quantitative estimate of drug-likeness (QED) is 0.160. The summed E-state index contributed by atoms with van der Waals surface area (Å²) in [5.41, 5.74) is 0.914. The van der Waals surface area contributed by atoms with E-state index >= 15 is 4.39 Å². The topological polar surface area (TPSA) is 62.8 Å². The number of halogens is 4. The van der Waals surface area contributed by atoms with Crippen LogP contribution in [0.15, 0.2) is 36.4 Å². The third-order valence-corrected chi connectivity index (χ3v) is 10.8. The summed E-state index contributed by atoms with van der Waals surface area (Å²) in [4.78, 5) is 2.42. The molecule has 44 heavy (non-hydrogen) atoms. The van der Waals surface area contributed by atoms with Crippen LogP contribution in [0.1, 0.15) is 33.8 Å². The van der Waals surface area contributed by atoms with Gasteiger partial charge in [0, 0.05) is 37.6 Å². The van der Waals surface area contributed by atoms with Gasteiger partial charge in [0.05, 0.1) is 51.1 Å². The van der Waals surface area contributed by atoms with E-state index in [1.54, 1.807) is 37.6 Å². The summed E-state index contributed by atoms with van der Waals surface area (Å²) >= 11 is 1.13. The summed E-state index contributed by atoms with van der Waals surface area (Å²) in [6.07, 6.45) is -4.47. The normalized spacial score (nSPS) is 21.5. The van der Waals surface area contributed by atoms with Gasteiger partial charge in [-0.1, -0.05) is 24.0 Å². The van der Waals surface area contributed by atoms with E-state index in [0.717, 1.165) is 30.7 Å². The highest BCUT2D eigenvalue weighted by Crippen LogP contribution is 2.40. The van der Waals surface area contributed by atoms with Crippen LogP contribution in [0.4, 0.5) is 28.9 Å². The van der Waals surface area contributed by atoms with Gasteiger partial charge < -0.3 is 24.7 Å². The smallest absolute Gasteiger partial charge is 0.393 e. The molecule has 12 heteroatoms. The second-order valence-corrected chi connectivity index (χ2v) is 15.8. The van der Waals surface area contributed by atoms with E-state index in [4.69, 9.17) is 13.6 Å². The average molecular weight is 655 g/mol. The summed E-state index contributed by atoms with van der Waals surface area (Å²) in [6, 6.07) is 9.42. The Hall–Kier alpha value is -2.77. The molecule has 238 valence electrons. The molecule has 2 N–H and O–H groups in total. The van der Waals surface area contributed by atoms with Crippen molar-refractivity contribution in [3.05, 3.63) is 46.8 Å². The molecule has 3 heterocycles. The van der Waals surface area contributed by atoms with Crippen LogP contribution < -0.4 is 20.7 Å². The standard InChI is InChI=1S/C32H38F4N3O3PS/c1-41-29-18-22(43(2,3)40)9-10-27(29)37-14-5-8-30-24(19-32(34,35)36)23-6-4-7-28(31(23)44-30)38-26-11-15-39(20-25(26)33)21-12-16-42-17-13-21/h4,6-7,9-10,18,21,25-26,37-38H,11-17,19-20H2,1-3H3/t25-,26+/m0/s1/i1D3. The monoisotopic (exact) mass is 654 g/mol. The number of benzene rings is 2. The lowest BCUT2D eigenvalue weighted by atomic mass is 9.98. The number of methoxy groups -OCH3 is 1. The fourth-order valence-electron chi connectivity index (χ4n) is 5.77. The minimum atomic E-state index is -4.48. The van der Waals surface area contributed by atoms with E-state index in [0.29, 0.717) is 53.3 Å².